The van der Waals surface area contributed by atoms with Gasteiger partial charge in [-0.25, -0.2) is 0 Å². The molecule has 1 heterocycles. The van der Waals surface area contributed by atoms with E-state index >= 15 is 0 Å². The van der Waals surface area contributed by atoms with Gasteiger partial charge < -0.3 is 14.7 Å². The summed E-state index contributed by atoms with van der Waals surface area (Å²) in [5.74, 6) is 0.893. The Bertz CT molecular complexity index is 508. The monoisotopic (exact) mass is 275 g/mol. The lowest BCUT2D eigenvalue weighted by Gasteiger charge is -2.15. The SMILES string of the molecule is CC(O)CCN(C)C(=O)C=Cc1ccc2c(c1)CCO2. The third-order valence-corrected chi connectivity index (χ3v) is 3.39. The maximum Gasteiger partial charge on any atom is 0.246 e. The predicted octanol–water partition coefficient (Wildman–Crippen LogP) is 1.86. The van der Waals surface area contributed by atoms with Gasteiger partial charge in [0.05, 0.1) is 12.7 Å². The second-order valence-corrected chi connectivity index (χ2v) is 5.20. The molecule has 20 heavy (non-hydrogen) atoms. The number of aliphatic hydroxyl groups excluding tert-OH is 1. The van der Waals surface area contributed by atoms with Gasteiger partial charge in [-0.3, -0.25) is 4.79 Å². The van der Waals surface area contributed by atoms with Gasteiger partial charge in [-0.1, -0.05) is 6.07 Å². The van der Waals surface area contributed by atoms with Crippen molar-refractivity contribution in [1.82, 2.24) is 4.90 Å². The normalized spacial score (nSPS) is 14.9. The first kappa shape index (κ1) is 14.6. The minimum atomic E-state index is -0.383. The number of likely N-dealkylation sites (N-methyl/N-ethyl adjacent to an activating group) is 1. The van der Waals surface area contributed by atoms with Gasteiger partial charge in [-0.15, -0.1) is 0 Å². The van der Waals surface area contributed by atoms with Crippen LogP contribution in [0.25, 0.3) is 6.08 Å². The van der Waals surface area contributed by atoms with E-state index in [0.717, 1.165) is 24.3 Å². The molecule has 0 bridgehead atoms. The summed E-state index contributed by atoms with van der Waals surface area (Å²) in [7, 11) is 1.74. The smallest absolute Gasteiger partial charge is 0.246 e. The van der Waals surface area contributed by atoms with Crippen LogP contribution in [0.2, 0.25) is 0 Å². The molecule has 1 atom stereocenters. The minimum absolute atomic E-state index is 0.0533. The van der Waals surface area contributed by atoms with Gasteiger partial charge in [0, 0.05) is 26.1 Å². The summed E-state index contributed by atoms with van der Waals surface area (Å²) < 4.78 is 5.45. The molecule has 1 amide bonds. The highest BCUT2D eigenvalue weighted by atomic mass is 16.5. The lowest BCUT2D eigenvalue weighted by molar-refractivity contribution is -0.124. The molecule has 108 valence electrons. The lowest BCUT2D eigenvalue weighted by atomic mass is 10.1. The highest BCUT2D eigenvalue weighted by molar-refractivity contribution is 5.91. The van der Waals surface area contributed by atoms with Gasteiger partial charge in [0.15, 0.2) is 0 Å². The number of rotatable bonds is 5. The molecule has 1 aromatic rings. The molecule has 2 rings (SSSR count). The second-order valence-electron chi connectivity index (χ2n) is 5.20. The zero-order valence-electron chi connectivity index (χ0n) is 12.0. The molecule has 4 nitrogen and oxygen atoms in total. The number of nitrogens with zero attached hydrogens (tertiary/aromatic N) is 1. The largest absolute Gasteiger partial charge is 0.493 e. The molecular weight excluding hydrogens is 254 g/mol. The van der Waals surface area contributed by atoms with Crippen molar-refractivity contribution in [2.75, 3.05) is 20.2 Å². The number of ether oxygens (including phenoxy) is 1. The fourth-order valence-corrected chi connectivity index (χ4v) is 2.10. The van der Waals surface area contributed by atoms with Gasteiger partial charge in [0.25, 0.3) is 0 Å². The first-order valence-electron chi connectivity index (χ1n) is 6.93. The Morgan fingerprint density at radius 1 is 1.55 bits per heavy atom. The van der Waals surface area contributed by atoms with Crippen LogP contribution in [0.15, 0.2) is 24.3 Å². The molecule has 1 unspecified atom stereocenters. The number of carbonyl (C=O) groups is 1. The zero-order valence-corrected chi connectivity index (χ0v) is 12.0. The van der Waals surface area contributed by atoms with E-state index < -0.39 is 0 Å². The molecule has 0 radical (unpaired) electrons. The van der Waals surface area contributed by atoms with E-state index in [4.69, 9.17) is 4.74 Å². The fraction of sp³-hybridized carbons (Fsp3) is 0.438. The van der Waals surface area contributed by atoms with Crippen molar-refractivity contribution >= 4 is 12.0 Å². The zero-order chi connectivity index (χ0) is 14.5. The average Bonchev–Trinajstić information content (AvgIpc) is 2.89. The van der Waals surface area contributed by atoms with E-state index in [1.165, 1.54) is 5.56 Å². The summed E-state index contributed by atoms with van der Waals surface area (Å²) in [5, 5.41) is 9.21. The number of aliphatic hydroxyl groups is 1. The third-order valence-electron chi connectivity index (χ3n) is 3.39. The Labute approximate surface area is 119 Å². The van der Waals surface area contributed by atoms with Crippen molar-refractivity contribution in [3.63, 3.8) is 0 Å². The maximum atomic E-state index is 11.9. The molecule has 0 saturated heterocycles. The van der Waals surface area contributed by atoms with Gasteiger partial charge in [-0.05, 0) is 42.7 Å². The fourth-order valence-electron chi connectivity index (χ4n) is 2.10. The number of fused-ring (bicyclic) bond motifs is 1. The van der Waals surface area contributed by atoms with Crippen molar-refractivity contribution in [2.24, 2.45) is 0 Å². The second kappa shape index (κ2) is 6.57. The molecule has 1 aromatic carbocycles. The summed E-state index contributed by atoms with van der Waals surface area (Å²) in [4.78, 5) is 13.5. The number of hydrogen-bond donors (Lipinski definition) is 1. The molecular formula is C16H21NO3. The lowest BCUT2D eigenvalue weighted by Crippen LogP contribution is -2.27. The molecule has 0 saturated carbocycles. The average molecular weight is 275 g/mol. The van der Waals surface area contributed by atoms with E-state index in [-0.39, 0.29) is 12.0 Å². The van der Waals surface area contributed by atoms with Gasteiger partial charge in [0.2, 0.25) is 5.91 Å². The van der Waals surface area contributed by atoms with E-state index in [9.17, 15) is 9.90 Å². The van der Waals surface area contributed by atoms with Crippen molar-refractivity contribution < 1.29 is 14.6 Å². The molecule has 0 spiro atoms. The van der Waals surface area contributed by atoms with Gasteiger partial charge in [-0.2, -0.15) is 0 Å². The van der Waals surface area contributed by atoms with E-state index in [1.54, 1.807) is 24.9 Å². The van der Waals surface area contributed by atoms with Crippen LogP contribution >= 0.6 is 0 Å². The number of hydrogen-bond acceptors (Lipinski definition) is 3. The van der Waals surface area contributed by atoms with Crippen LogP contribution < -0.4 is 4.74 Å². The van der Waals surface area contributed by atoms with E-state index in [0.29, 0.717) is 13.0 Å². The quantitative estimate of drug-likeness (QED) is 0.835. The van der Waals surface area contributed by atoms with Crippen LogP contribution in [0.1, 0.15) is 24.5 Å². The van der Waals surface area contributed by atoms with Crippen LogP contribution in [0.5, 0.6) is 5.75 Å². The third kappa shape index (κ3) is 3.84. The summed E-state index contributed by atoms with van der Waals surface area (Å²) in [6.07, 6.45) is 4.52. The topological polar surface area (TPSA) is 49.8 Å². The van der Waals surface area contributed by atoms with E-state index in [1.807, 2.05) is 18.2 Å². The van der Waals surface area contributed by atoms with Crippen LogP contribution in [0.3, 0.4) is 0 Å². The summed E-state index contributed by atoms with van der Waals surface area (Å²) >= 11 is 0. The Hall–Kier alpha value is -1.81. The first-order valence-corrected chi connectivity index (χ1v) is 6.93. The molecule has 1 aliphatic rings. The number of amides is 1. The highest BCUT2D eigenvalue weighted by Gasteiger charge is 2.11. The van der Waals surface area contributed by atoms with Crippen LogP contribution in [-0.4, -0.2) is 42.2 Å². The summed E-state index contributed by atoms with van der Waals surface area (Å²) in [6, 6.07) is 5.95. The number of carbonyl (C=O) groups excluding carboxylic acids is 1. The van der Waals surface area contributed by atoms with Crippen molar-refractivity contribution in [3.05, 3.63) is 35.4 Å². The molecule has 0 aliphatic carbocycles. The van der Waals surface area contributed by atoms with Crippen LogP contribution in [0, 0.1) is 0 Å². The molecule has 1 aliphatic heterocycles. The molecule has 0 aromatic heterocycles. The van der Waals surface area contributed by atoms with Crippen molar-refractivity contribution in [3.8, 4) is 5.75 Å². The summed E-state index contributed by atoms with van der Waals surface area (Å²) in [6.45, 7) is 3.02. The molecule has 0 fully saturated rings. The predicted molar refractivity (Wildman–Crippen MR) is 78.6 cm³/mol. The highest BCUT2D eigenvalue weighted by Crippen LogP contribution is 2.26. The Morgan fingerprint density at radius 2 is 2.35 bits per heavy atom. The Morgan fingerprint density at radius 3 is 3.10 bits per heavy atom. The van der Waals surface area contributed by atoms with Crippen LogP contribution in [0.4, 0.5) is 0 Å². The van der Waals surface area contributed by atoms with E-state index in [2.05, 4.69) is 6.07 Å². The standard InChI is InChI=1S/C16H21NO3/c1-12(18)7-9-17(2)16(19)6-4-13-3-5-15-14(11-13)8-10-20-15/h3-6,11-12,18H,7-10H2,1-2H3. The van der Waals surface area contributed by atoms with Gasteiger partial charge >= 0.3 is 0 Å². The maximum absolute atomic E-state index is 11.9. The van der Waals surface area contributed by atoms with Crippen LogP contribution in [-0.2, 0) is 11.2 Å². The summed E-state index contributed by atoms with van der Waals surface area (Å²) in [5.41, 5.74) is 2.20. The first-order chi connectivity index (χ1) is 9.56. The Kier molecular flexibility index (Phi) is 4.79. The minimum Gasteiger partial charge on any atom is -0.493 e. The Balaban J connectivity index is 1.93. The van der Waals surface area contributed by atoms with Crippen molar-refractivity contribution in [2.45, 2.75) is 25.9 Å². The van der Waals surface area contributed by atoms with Gasteiger partial charge in [0.1, 0.15) is 5.75 Å². The molecule has 1 N–H and O–H groups in total. The molecule has 4 heteroatoms. The van der Waals surface area contributed by atoms with Crippen molar-refractivity contribution in [1.29, 1.82) is 0 Å². The number of benzene rings is 1.